The molecule has 6 nitrogen and oxygen atoms in total. The largest absolute Gasteiger partial charge is 0.444 e. The molecule has 0 aliphatic rings. The number of carbonyl (C=O) groups is 1. The SMILES string of the molecule is CC(C)n1cnc2cnc3ccc(CNC(=O)OC(C)(C)C)cc3c21. The lowest BCUT2D eigenvalue weighted by molar-refractivity contribution is 0.0523. The molecule has 0 aliphatic heterocycles. The molecule has 0 aliphatic carbocycles. The average molecular weight is 340 g/mol. The molecule has 0 bridgehead atoms. The number of ether oxygens (including phenoxy) is 1. The van der Waals surface area contributed by atoms with E-state index in [1.807, 2.05) is 39.2 Å². The molecule has 6 heteroatoms. The molecule has 0 saturated carbocycles. The number of hydrogen-bond donors (Lipinski definition) is 1. The first-order valence-electron chi connectivity index (χ1n) is 8.45. The lowest BCUT2D eigenvalue weighted by Crippen LogP contribution is -2.32. The summed E-state index contributed by atoms with van der Waals surface area (Å²) in [6, 6.07) is 6.30. The van der Waals surface area contributed by atoms with E-state index in [1.165, 1.54) is 0 Å². The monoisotopic (exact) mass is 340 g/mol. The highest BCUT2D eigenvalue weighted by Crippen LogP contribution is 2.26. The molecule has 132 valence electrons. The Morgan fingerprint density at radius 3 is 2.68 bits per heavy atom. The van der Waals surface area contributed by atoms with Gasteiger partial charge in [-0.05, 0) is 52.3 Å². The molecule has 2 heterocycles. The van der Waals surface area contributed by atoms with Gasteiger partial charge in [0.1, 0.15) is 11.1 Å². The van der Waals surface area contributed by atoms with Crippen molar-refractivity contribution in [3.05, 3.63) is 36.3 Å². The zero-order valence-corrected chi connectivity index (χ0v) is 15.3. The van der Waals surface area contributed by atoms with Crippen LogP contribution in [0.3, 0.4) is 0 Å². The molecular formula is C19H24N4O2. The Kier molecular flexibility index (Phi) is 4.37. The number of pyridine rings is 1. The lowest BCUT2D eigenvalue weighted by Gasteiger charge is -2.19. The minimum atomic E-state index is -0.507. The third-order valence-electron chi connectivity index (χ3n) is 3.86. The fourth-order valence-corrected chi connectivity index (χ4v) is 2.75. The maximum Gasteiger partial charge on any atom is 0.407 e. The van der Waals surface area contributed by atoms with Crippen molar-refractivity contribution in [2.45, 2.75) is 52.8 Å². The van der Waals surface area contributed by atoms with Gasteiger partial charge in [0.25, 0.3) is 0 Å². The summed E-state index contributed by atoms with van der Waals surface area (Å²) in [5, 5.41) is 3.83. The molecule has 1 aromatic carbocycles. The highest BCUT2D eigenvalue weighted by atomic mass is 16.6. The number of rotatable bonds is 3. The lowest BCUT2D eigenvalue weighted by atomic mass is 10.1. The third kappa shape index (κ3) is 3.73. The normalized spacial score (nSPS) is 12.1. The summed E-state index contributed by atoms with van der Waals surface area (Å²) in [4.78, 5) is 20.8. The zero-order chi connectivity index (χ0) is 18.2. The second-order valence-corrected chi connectivity index (χ2v) is 7.44. The minimum Gasteiger partial charge on any atom is -0.444 e. The van der Waals surface area contributed by atoms with Gasteiger partial charge < -0.3 is 14.6 Å². The Morgan fingerprint density at radius 2 is 2.00 bits per heavy atom. The second kappa shape index (κ2) is 6.35. The second-order valence-electron chi connectivity index (χ2n) is 7.44. The number of benzene rings is 1. The number of nitrogens with zero attached hydrogens (tertiary/aromatic N) is 3. The molecule has 0 saturated heterocycles. The smallest absolute Gasteiger partial charge is 0.407 e. The minimum absolute atomic E-state index is 0.305. The quantitative estimate of drug-likeness (QED) is 0.776. The predicted molar refractivity (Wildman–Crippen MR) is 98.5 cm³/mol. The summed E-state index contributed by atoms with van der Waals surface area (Å²) in [6.07, 6.45) is 3.23. The van der Waals surface area contributed by atoms with Crippen LogP contribution in [0.4, 0.5) is 4.79 Å². The van der Waals surface area contributed by atoms with Crippen molar-refractivity contribution in [3.63, 3.8) is 0 Å². The van der Waals surface area contributed by atoms with Gasteiger partial charge in [-0.1, -0.05) is 6.07 Å². The standard InChI is InChI=1S/C19H24N4O2/c1-12(2)23-11-22-16-10-20-15-7-6-13(8-14(15)17(16)23)9-21-18(24)25-19(3,4)5/h6-8,10-12H,9H2,1-5H3,(H,21,24). The van der Waals surface area contributed by atoms with Crippen molar-refractivity contribution < 1.29 is 9.53 Å². The summed E-state index contributed by atoms with van der Waals surface area (Å²) in [6.45, 7) is 10.2. The topological polar surface area (TPSA) is 69.0 Å². The van der Waals surface area contributed by atoms with Crippen molar-refractivity contribution in [1.29, 1.82) is 0 Å². The van der Waals surface area contributed by atoms with Crippen LogP contribution in [0, 0.1) is 0 Å². The number of nitrogens with one attached hydrogen (secondary N) is 1. The Hall–Kier alpha value is -2.63. The first kappa shape index (κ1) is 17.2. The van der Waals surface area contributed by atoms with Gasteiger partial charge in [0.2, 0.25) is 0 Å². The zero-order valence-electron chi connectivity index (χ0n) is 15.3. The highest BCUT2D eigenvalue weighted by Gasteiger charge is 2.16. The number of imidazole rings is 1. The van der Waals surface area contributed by atoms with Crippen molar-refractivity contribution >= 4 is 28.0 Å². The van der Waals surface area contributed by atoms with Gasteiger partial charge in [-0.3, -0.25) is 4.98 Å². The fraction of sp³-hybridized carbons (Fsp3) is 0.421. The Balaban J connectivity index is 1.92. The van der Waals surface area contributed by atoms with Crippen LogP contribution in [0.15, 0.2) is 30.7 Å². The highest BCUT2D eigenvalue weighted by molar-refractivity contribution is 6.02. The van der Waals surface area contributed by atoms with Crippen LogP contribution in [-0.2, 0) is 11.3 Å². The van der Waals surface area contributed by atoms with E-state index < -0.39 is 11.7 Å². The molecule has 0 unspecified atom stereocenters. The number of alkyl carbamates (subject to hydrolysis) is 1. The molecule has 25 heavy (non-hydrogen) atoms. The molecule has 2 aromatic heterocycles. The third-order valence-corrected chi connectivity index (χ3v) is 3.86. The number of carbonyl (C=O) groups excluding carboxylic acids is 1. The number of amides is 1. The number of hydrogen-bond acceptors (Lipinski definition) is 4. The summed E-state index contributed by atoms with van der Waals surface area (Å²) < 4.78 is 7.42. The summed E-state index contributed by atoms with van der Waals surface area (Å²) in [5.74, 6) is 0. The van der Waals surface area contributed by atoms with Crippen molar-refractivity contribution in [2.24, 2.45) is 0 Å². The van der Waals surface area contributed by atoms with Crippen molar-refractivity contribution in [2.75, 3.05) is 0 Å². The van der Waals surface area contributed by atoms with Crippen LogP contribution in [0.2, 0.25) is 0 Å². The van der Waals surface area contributed by atoms with Crippen molar-refractivity contribution in [3.8, 4) is 0 Å². The Bertz CT molecular complexity index is 922. The molecule has 3 aromatic rings. The molecule has 1 N–H and O–H groups in total. The van der Waals surface area contributed by atoms with E-state index in [0.717, 1.165) is 27.5 Å². The summed E-state index contributed by atoms with van der Waals surface area (Å²) in [5.41, 5.74) is 3.34. The van der Waals surface area contributed by atoms with Crippen LogP contribution in [0.1, 0.15) is 46.2 Å². The first-order valence-corrected chi connectivity index (χ1v) is 8.45. The molecule has 0 spiro atoms. The van der Waals surface area contributed by atoms with E-state index in [2.05, 4.69) is 39.8 Å². The summed E-state index contributed by atoms with van der Waals surface area (Å²) in [7, 11) is 0. The summed E-state index contributed by atoms with van der Waals surface area (Å²) >= 11 is 0. The van der Waals surface area contributed by atoms with Crippen LogP contribution < -0.4 is 5.32 Å². The fourth-order valence-electron chi connectivity index (χ4n) is 2.75. The molecular weight excluding hydrogens is 316 g/mol. The molecule has 0 fully saturated rings. The van der Waals surface area contributed by atoms with Gasteiger partial charge in [-0.2, -0.15) is 0 Å². The van der Waals surface area contributed by atoms with Gasteiger partial charge in [0.05, 0.1) is 23.6 Å². The van der Waals surface area contributed by atoms with Crippen molar-refractivity contribution in [1.82, 2.24) is 19.9 Å². The van der Waals surface area contributed by atoms with Gasteiger partial charge in [0.15, 0.2) is 0 Å². The van der Waals surface area contributed by atoms with Crippen LogP contribution in [-0.4, -0.2) is 26.2 Å². The van der Waals surface area contributed by atoms with Gasteiger partial charge in [0, 0.05) is 18.0 Å². The van der Waals surface area contributed by atoms with E-state index in [1.54, 1.807) is 6.20 Å². The molecule has 1 amide bonds. The molecule has 0 radical (unpaired) electrons. The Morgan fingerprint density at radius 1 is 1.24 bits per heavy atom. The van der Waals surface area contributed by atoms with Crippen LogP contribution in [0.25, 0.3) is 21.9 Å². The Labute approximate surface area is 147 Å². The van der Waals surface area contributed by atoms with Crippen LogP contribution in [0.5, 0.6) is 0 Å². The van der Waals surface area contributed by atoms with Crippen LogP contribution >= 0.6 is 0 Å². The average Bonchev–Trinajstić information content (AvgIpc) is 2.95. The molecule has 0 atom stereocenters. The number of fused-ring (bicyclic) bond motifs is 3. The van der Waals surface area contributed by atoms with E-state index in [-0.39, 0.29) is 0 Å². The van der Waals surface area contributed by atoms with Gasteiger partial charge in [-0.15, -0.1) is 0 Å². The molecule has 3 rings (SSSR count). The van der Waals surface area contributed by atoms with E-state index in [4.69, 9.17) is 4.74 Å². The first-order chi connectivity index (χ1) is 11.7. The van der Waals surface area contributed by atoms with E-state index >= 15 is 0 Å². The van der Waals surface area contributed by atoms with E-state index in [9.17, 15) is 4.79 Å². The van der Waals surface area contributed by atoms with Gasteiger partial charge in [-0.25, -0.2) is 9.78 Å². The predicted octanol–water partition coefficient (Wildman–Crippen LogP) is 4.19. The number of aromatic nitrogens is 3. The maximum atomic E-state index is 11.9. The van der Waals surface area contributed by atoms with Gasteiger partial charge >= 0.3 is 6.09 Å². The maximum absolute atomic E-state index is 11.9. The van der Waals surface area contributed by atoms with E-state index in [0.29, 0.717) is 12.6 Å².